The van der Waals surface area contributed by atoms with Crippen LogP contribution in [0.5, 0.6) is 0 Å². The molecule has 5 rings (SSSR count). The minimum Gasteiger partial charge on any atom is -0.355 e. The Morgan fingerprint density at radius 3 is 3.04 bits per heavy atom. The van der Waals surface area contributed by atoms with Crippen LogP contribution in [-0.4, -0.2) is 45.0 Å². The topological polar surface area (TPSA) is 86.8 Å². The summed E-state index contributed by atoms with van der Waals surface area (Å²) in [6.07, 6.45) is 8.37. The Morgan fingerprint density at radius 1 is 1.25 bits per heavy atom. The molecule has 0 aromatic carbocycles. The summed E-state index contributed by atoms with van der Waals surface area (Å²) in [7, 11) is 0. The number of hydrogen-bond acceptors (Lipinski definition) is 5. The Morgan fingerprint density at radius 2 is 2.17 bits per heavy atom. The van der Waals surface area contributed by atoms with Crippen molar-refractivity contribution in [2.45, 2.75) is 25.3 Å². The number of aromatic amines is 1. The lowest BCUT2D eigenvalue weighted by molar-refractivity contribution is -0.124. The summed E-state index contributed by atoms with van der Waals surface area (Å²) in [4.78, 5) is 30.9. The van der Waals surface area contributed by atoms with Crippen LogP contribution in [0.25, 0.3) is 21.9 Å². The molecule has 7 nitrogen and oxygen atoms in total. The van der Waals surface area contributed by atoms with E-state index in [0.717, 1.165) is 53.6 Å². The Hall–Kier alpha value is -2.70. The number of aromatic nitrogens is 4. The molecule has 2 aliphatic rings. The second-order valence-electron chi connectivity index (χ2n) is 6.67. The number of carbonyl (C=O) groups excluding carboxylic acids is 1. The van der Waals surface area contributed by atoms with Crippen molar-refractivity contribution in [3.8, 4) is 0 Å². The van der Waals surface area contributed by atoms with E-state index in [1.165, 1.54) is 0 Å². The van der Waals surface area contributed by atoms with Crippen molar-refractivity contribution in [2.75, 3.05) is 18.0 Å². The molecule has 1 aliphatic heterocycles. The maximum absolute atomic E-state index is 12.3. The zero-order valence-corrected chi connectivity index (χ0v) is 13.2. The molecule has 1 saturated carbocycles. The second-order valence-corrected chi connectivity index (χ2v) is 6.67. The van der Waals surface area contributed by atoms with E-state index in [1.54, 1.807) is 18.7 Å². The molecule has 1 unspecified atom stereocenters. The molecule has 24 heavy (non-hydrogen) atoms. The van der Waals surface area contributed by atoms with Crippen LogP contribution in [0.3, 0.4) is 0 Å². The highest BCUT2D eigenvalue weighted by Crippen LogP contribution is 2.32. The largest absolute Gasteiger partial charge is 0.355 e. The Labute approximate surface area is 138 Å². The number of nitrogens with one attached hydrogen (secondary N) is 2. The minimum atomic E-state index is 0.0433. The van der Waals surface area contributed by atoms with Crippen molar-refractivity contribution in [3.05, 3.63) is 24.8 Å². The monoisotopic (exact) mass is 322 g/mol. The number of fused-ring (bicyclic) bond motifs is 3. The number of H-pyrrole nitrogens is 1. The zero-order valence-electron chi connectivity index (χ0n) is 13.2. The predicted molar refractivity (Wildman–Crippen MR) is 90.7 cm³/mol. The maximum Gasteiger partial charge on any atom is 0.225 e. The summed E-state index contributed by atoms with van der Waals surface area (Å²) in [6, 6.07) is 2.38. The minimum absolute atomic E-state index is 0.0433. The molecule has 1 aliphatic carbocycles. The third-order valence-corrected chi connectivity index (χ3v) is 4.95. The van der Waals surface area contributed by atoms with Gasteiger partial charge in [-0.2, -0.15) is 0 Å². The molecule has 3 aromatic heterocycles. The van der Waals surface area contributed by atoms with Gasteiger partial charge in [0.1, 0.15) is 5.82 Å². The molecule has 0 spiro atoms. The second kappa shape index (κ2) is 5.15. The van der Waals surface area contributed by atoms with Crippen LogP contribution in [0.2, 0.25) is 0 Å². The summed E-state index contributed by atoms with van der Waals surface area (Å²) in [5.41, 5.74) is 1.67. The molecule has 7 heteroatoms. The maximum atomic E-state index is 12.3. The average molecular weight is 322 g/mol. The van der Waals surface area contributed by atoms with Gasteiger partial charge in [0, 0.05) is 30.7 Å². The van der Waals surface area contributed by atoms with Crippen molar-refractivity contribution in [2.24, 2.45) is 5.92 Å². The van der Waals surface area contributed by atoms with Crippen molar-refractivity contribution in [1.29, 1.82) is 0 Å². The number of carbonyl (C=O) groups is 1. The van der Waals surface area contributed by atoms with Crippen LogP contribution in [0, 0.1) is 5.92 Å². The van der Waals surface area contributed by atoms with Gasteiger partial charge >= 0.3 is 0 Å². The first kappa shape index (κ1) is 13.7. The molecule has 1 saturated heterocycles. The summed E-state index contributed by atoms with van der Waals surface area (Å²) < 4.78 is 0. The highest BCUT2D eigenvalue weighted by atomic mass is 16.2. The average Bonchev–Trinajstić information content (AvgIpc) is 3.12. The van der Waals surface area contributed by atoms with E-state index >= 15 is 0 Å². The van der Waals surface area contributed by atoms with Gasteiger partial charge in [0.05, 0.1) is 29.3 Å². The lowest BCUT2D eigenvalue weighted by Gasteiger charge is -2.19. The van der Waals surface area contributed by atoms with Crippen LogP contribution >= 0.6 is 0 Å². The molecule has 122 valence electrons. The van der Waals surface area contributed by atoms with E-state index in [-0.39, 0.29) is 11.8 Å². The molecule has 3 aromatic rings. The molecule has 0 radical (unpaired) electrons. The number of pyridine rings is 1. The third kappa shape index (κ3) is 2.19. The number of rotatable bonds is 3. The molecule has 2 N–H and O–H groups in total. The lowest BCUT2D eigenvalue weighted by Crippen LogP contribution is -2.34. The van der Waals surface area contributed by atoms with Gasteiger partial charge in [-0.3, -0.25) is 4.79 Å². The third-order valence-electron chi connectivity index (χ3n) is 4.95. The number of anilines is 1. The fraction of sp³-hybridized carbons (Fsp3) is 0.412. The Balaban J connectivity index is 1.50. The molecule has 4 heterocycles. The number of hydrogen-bond donors (Lipinski definition) is 2. The first-order valence-corrected chi connectivity index (χ1v) is 8.42. The summed E-state index contributed by atoms with van der Waals surface area (Å²) in [6.45, 7) is 1.55. The summed E-state index contributed by atoms with van der Waals surface area (Å²) in [5.74, 6) is 1.14. The van der Waals surface area contributed by atoms with E-state index in [2.05, 4.69) is 30.2 Å². The first-order chi connectivity index (χ1) is 11.8. The molecule has 1 amide bonds. The van der Waals surface area contributed by atoms with Crippen molar-refractivity contribution in [3.63, 3.8) is 0 Å². The van der Waals surface area contributed by atoms with E-state index in [4.69, 9.17) is 0 Å². The van der Waals surface area contributed by atoms with Gasteiger partial charge in [-0.15, -0.1) is 0 Å². The van der Waals surface area contributed by atoms with Crippen LogP contribution in [0.4, 0.5) is 5.82 Å². The highest BCUT2D eigenvalue weighted by Gasteiger charge is 2.33. The fourth-order valence-electron chi connectivity index (χ4n) is 3.49. The summed E-state index contributed by atoms with van der Waals surface area (Å²) in [5, 5.41) is 5.15. The van der Waals surface area contributed by atoms with Gasteiger partial charge in [0.25, 0.3) is 0 Å². The van der Waals surface area contributed by atoms with E-state index < -0.39 is 0 Å². The van der Waals surface area contributed by atoms with Gasteiger partial charge < -0.3 is 15.2 Å². The highest BCUT2D eigenvalue weighted by molar-refractivity contribution is 6.09. The van der Waals surface area contributed by atoms with Crippen molar-refractivity contribution < 1.29 is 4.79 Å². The first-order valence-electron chi connectivity index (χ1n) is 8.42. The summed E-state index contributed by atoms with van der Waals surface area (Å²) >= 11 is 0. The van der Waals surface area contributed by atoms with Crippen molar-refractivity contribution in [1.82, 2.24) is 25.3 Å². The zero-order chi connectivity index (χ0) is 16.1. The Kier molecular flexibility index (Phi) is 2.95. The molecular weight excluding hydrogens is 304 g/mol. The standard InChI is InChI=1S/C17H18N6O/c24-17(22-11-1-2-11)10-4-6-23(8-10)16-14-12-3-5-18-15(12)19-7-13(14)20-9-21-16/h3,5,7,9-11H,1-2,4,6,8H2,(H,20,21)(H,22,24). The van der Waals surface area contributed by atoms with Gasteiger partial charge in [-0.25, -0.2) is 15.0 Å². The van der Waals surface area contributed by atoms with Crippen LogP contribution in [0.15, 0.2) is 24.8 Å². The van der Waals surface area contributed by atoms with E-state index in [0.29, 0.717) is 12.6 Å². The molecular formula is C17H18N6O. The number of nitrogens with zero attached hydrogens (tertiary/aromatic N) is 4. The van der Waals surface area contributed by atoms with E-state index in [1.807, 2.05) is 6.07 Å². The van der Waals surface area contributed by atoms with Gasteiger partial charge in [0.2, 0.25) is 5.91 Å². The molecule has 2 fully saturated rings. The van der Waals surface area contributed by atoms with Gasteiger partial charge in [0.15, 0.2) is 5.65 Å². The predicted octanol–water partition coefficient (Wildman–Crippen LogP) is 1.61. The molecule has 0 bridgehead atoms. The molecule has 1 atom stereocenters. The smallest absolute Gasteiger partial charge is 0.225 e. The fourth-order valence-corrected chi connectivity index (χ4v) is 3.49. The normalized spacial score (nSPS) is 20.8. The SMILES string of the molecule is O=C(NC1CC1)C1CCN(c2nc[nH]c3cnc4nccc4c23)C1. The van der Waals surface area contributed by atoms with Crippen LogP contribution in [0.1, 0.15) is 19.3 Å². The van der Waals surface area contributed by atoms with E-state index in [9.17, 15) is 4.79 Å². The van der Waals surface area contributed by atoms with Gasteiger partial charge in [-0.1, -0.05) is 0 Å². The number of amides is 1. The van der Waals surface area contributed by atoms with Crippen molar-refractivity contribution >= 4 is 33.7 Å². The quantitative estimate of drug-likeness (QED) is 0.765. The lowest BCUT2D eigenvalue weighted by atomic mass is 10.1. The Bertz CT molecular complexity index is 931. The van der Waals surface area contributed by atoms with Crippen LogP contribution < -0.4 is 10.2 Å². The van der Waals surface area contributed by atoms with Crippen LogP contribution in [-0.2, 0) is 4.79 Å². The van der Waals surface area contributed by atoms with Gasteiger partial charge in [-0.05, 0) is 25.3 Å².